The summed E-state index contributed by atoms with van der Waals surface area (Å²) in [6.07, 6.45) is 1.91. The highest BCUT2D eigenvalue weighted by Crippen LogP contribution is 2.12. The highest BCUT2D eigenvalue weighted by molar-refractivity contribution is 5.50. The van der Waals surface area contributed by atoms with Gasteiger partial charge in [0, 0.05) is 13.0 Å². The Morgan fingerprint density at radius 2 is 2.21 bits per heavy atom. The van der Waals surface area contributed by atoms with Crippen molar-refractivity contribution in [3.63, 3.8) is 0 Å². The standard InChI is InChI=1S/C11H14FNO/c1-13-8-10-4-5-11(12)7-9(10)3-2-6-14/h4-7,13H,2-3,8H2,1H3. The van der Waals surface area contributed by atoms with Crippen LogP contribution in [0.1, 0.15) is 17.5 Å². The van der Waals surface area contributed by atoms with Gasteiger partial charge in [0.1, 0.15) is 12.1 Å². The minimum Gasteiger partial charge on any atom is -0.316 e. The Bertz CT molecular complexity index is 312. The maximum Gasteiger partial charge on any atom is 0.123 e. The molecule has 0 unspecified atom stereocenters. The van der Waals surface area contributed by atoms with E-state index in [-0.39, 0.29) is 5.82 Å². The molecule has 0 saturated heterocycles. The third-order valence-electron chi connectivity index (χ3n) is 2.07. The van der Waals surface area contributed by atoms with Crippen LogP contribution in [0.25, 0.3) is 0 Å². The normalized spacial score (nSPS) is 10.1. The third-order valence-corrected chi connectivity index (χ3v) is 2.07. The van der Waals surface area contributed by atoms with Gasteiger partial charge in [-0.3, -0.25) is 0 Å². The lowest BCUT2D eigenvalue weighted by Crippen LogP contribution is -2.08. The number of hydrogen-bond donors (Lipinski definition) is 1. The van der Waals surface area contributed by atoms with Crippen LogP contribution in [0.3, 0.4) is 0 Å². The van der Waals surface area contributed by atoms with Crippen LogP contribution in [0, 0.1) is 5.82 Å². The van der Waals surface area contributed by atoms with E-state index in [4.69, 9.17) is 0 Å². The predicted octanol–water partition coefficient (Wildman–Crippen LogP) is 1.68. The number of rotatable bonds is 5. The summed E-state index contributed by atoms with van der Waals surface area (Å²) in [4.78, 5) is 10.2. The van der Waals surface area contributed by atoms with Gasteiger partial charge in [-0.1, -0.05) is 6.07 Å². The number of hydrogen-bond acceptors (Lipinski definition) is 2. The van der Waals surface area contributed by atoms with E-state index in [2.05, 4.69) is 5.32 Å². The highest BCUT2D eigenvalue weighted by atomic mass is 19.1. The molecule has 76 valence electrons. The quantitative estimate of drug-likeness (QED) is 0.724. The van der Waals surface area contributed by atoms with Crippen LogP contribution in [-0.2, 0) is 17.8 Å². The van der Waals surface area contributed by atoms with E-state index < -0.39 is 0 Å². The van der Waals surface area contributed by atoms with Crippen LogP contribution in [0.15, 0.2) is 18.2 Å². The lowest BCUT2D eigenvalue weighted by Gasteiger charge is -2.07. The molecule has 0 spiro atoms. The Morgan fingerprint density at radius 1 is 1.43 bits per heavy atom. The van der Waals surface area contributed by atoms with Gasteiger partial charge >= 0.3 is 0 Å². The lowest BCUT2D eigenvalue weighted by molar-refractivity contribution is -0.107. The van der Waals surface area contributed by atoms with Gasteiger partial charge in [0.2, 0.25) is 0 Å². The van der Waals surface area contributed by atoms with Gasteiger partial charge in [-0.15, -0.1) is 0 Å². The monoisotopic (exact) mass is 195 g/mol. The summed E-state index contributed by atoms with van der Waals surface area (Å²) in [5.74, 6) is -0.245. The van der Waals surface area contributed by atoms with Crippen LogP contribution in [0.2, 0.25) is 0 Å². The molecular formula is C11H14FNO. The second-order valence-electron chi connectivity index (χ2n) is 3.15. The highest BCUT2D eigenvalue weighted by Gasteiger charge is 2.02. The van der Waals surface area contributed by atoms with E-state index in [9.17, 15) is 9.18 Å². The number of aryl methyl sites for hydroxylation is 1. The van der Waals surface area contributed by atoms with Crippen LogP contribution in [0.4, 0.5) is 4.39 Å². The number of carbonyl (C=O) groups excluding carboxylic acids is 1. The number of halogens is 1. The van der Waals surface area contributed by atoms with E-state index in [1.807, 2.05) is 7.05 Å². The van der Waals surface area contributed by atoms with Gasteiger partial charge in [0.15, 0.2) is 0 Å². The molecule has 0 fully saturated rings. The summed E-state index contributed by atoms with van der Waals surface area (Å²) >= 11 is 0. The zero-order valence-electron chi connectivity index (χ0n) is 8.22. The lowest BCUT2D eigenvalue weighted by atomic mass is 10.0. The molecule has 0 aliphatic heterocycles. The molecule has 0 saturated carbocycles. The van der Waals surface area contributed by atoms with E-state index >= 15 is 0 Å². The van der Waals surface area contributed by atoms with Crippen molar-refractivity contribution in [2.45, 2.75) is 19.4 Å². The molecule has 0 heterocycles. The van der Waals surface area contributed by atoms with Gasteiger partial charge in [0.25, 0.3) is 0 Å². The van der Waals surface area contributed by atoms with Crippen molar-refractivity contribution in [2.75, 3.05) is 7.05 Å². The Kier molecular flexibility index (Phi) is 4.26. The summed E-state index contributed by atoms with van der Waals surface area (Å²) in [5, 5.41) is 3.01. The second-order valence-corrected chi connectivity index (χ2v) is 3.15. The molecule has 14 heavy (non-hydrogen) atoms. The predicted molar refractivity (Wildman–Crippen MR) is 53.5 cm³/mol. The van der Waals surface area contributed by atoms with Crippen molar-refractivity contribution in [3.8, 4) is 0 Å². The zero-order chi connectivity index (χ0) is 10.4. The third kappa shape index (κ3) is 2.92. The molecule has 0 radical (unpaired) electrons. The maximum absolute atomic E-state index is 12.9. The number of nitrogens with one attached hydrogen (secondary N) is 1. The molecule has 1 aromatic carbocycles. The average molecular weight is 195 g/mol. The fourth-order valence-electron chi connectivity index (χ4n) is 1.40. The van der Waals surface area contributed by atoms with E-state index in [0.29, 0.717) is 19.4 Å². The van der Waals surface area contributed by atoms with Crippen molar-refractivity contribution >= 4 is 6.29 Å². The van der Waals surface area contributed by atoms with Crippen molar-refractivity contribution in [3.05, 3.63) is 35.1 Å². The van der Waals surface area contributed by atoms with Crippen LogP contribution >= 0.6 is 0 Å². The number of aldehydes is 1. The Labute approximate surface area is 83.1 Å². The fourth-order valence-corrected chi connectivity index (χ4v) is 1.40. The smallest absolute Gasteiger partial charge is 0.123 e. The number of carbonyl (C=O) groups is 1. The average Bonchev–Trinajstić information content (AvgIpc) is 2.18. The number of benzene rings is 1. The van der Waals surface area contributed by atoms with Gasteiger partial charge in [0.05, 0.1) is 0 Å². The van der Waals surface area contributed by atoms with Crippen molar-refractivity contribution in [1.82, 2.24) is 5.32 Å². The first kappa shape index (κ1) is 10.9. The topological polar surface area (TPSA) is 29.1 Å². The van der Waals surface area contributed by atoms with E-state index in [0.717, 1.165) is 17.4 Å². The van der Waals surface area contributed by atoms with Crippen LogP contribution in [-0.4, -0.2) is 13.3 Å². The molecule has 0 atom stereocenters. The van der Waals surface area contributed by atoms with Crippen LogP contribution in [0.5, 0.6) is 0 Å². The van der Waals surface area contributed by atoms with Crippen LogP contribution < -0.4 is 5.32 Å². The SMILES string of the molecule is CNCc1ccc(F)cc1CCC=O. The molecule has 1 rings (SSSR count). The van der Waals surface area contributed by atoms with Gasteiger partial charge in [-0.2, -0.15) is 0 Å². The molecule has 0 amide bonds. The molecular weight excluding hydrogens is 181 g/mol. The summed E-state index contributed by atoms with van der Waals surface area (Å²) < 4.78 is 12.9. The summed E-state index contributed by atoms with van der Waals surface area (Å²) in [6.45, 7) is 0.703. The second kappa shape index (κ2) is 5.50. The molecule has 2 nitrogen and oxygen atoms in total. The van der Waals surface area contributed by atoms with E-state index in [1.54, 1.807) is 6.07 Å². The fraction of sp³-hybridized carbons (Fsp3) is 0.364. The Morgan fingerprint density at radius 3 is 2.86 bits per heavy atom. The maximum atomic E-state index is 12.9. The summed E-state index contributed by atoms with van der Waals surface area (Å²) in [5.41, 5.74) is 1.96. The molecule has 0 aliphatic rings. The summed E-state index contributed by atoms with van der Waals surface area (Å²) in [6, 6.07) is 4.69. The minimum atomic E-state index is -0.245. The molecule has 1 N–H and O–H groups in total. The zero-order valence-corrected chi connectivity index (χ0v) is 8.22. The minimum absolute atomic E-state index is 0.245. The Hall–Kier alpha value is -1.22. The first-order chi connectivity index (χ1) is 6.77. The molecule has 0 aromatic heterocycles. The summed E-state index contributed by atoms with van der Waals surface area (Å²) in [7, 11) is 1.84. The van der Waals surface area contributed by atoms with Gasteiger partial charge in [-0.25, -0.2) is 4.39 Å². The van der Waals surface area contributed by atoms with Gasteiger partial charge in [-0.05, 0) is 36.7 Å². The van der Waals surface area contributed by atoms with Crippen molar-refractivity contribution in [1.29, 1.82) is 0 Å². The van der Waals surface area contributed by atoms with Crippen molar-refractivity contribution in [2.24, 2.45) is 0 Å². The Balaban J connectivity index is 2.84. The van der Waals surface area contributed by atoms with Crippen molar-refractivity contribution < 1.29 is 9.18 Å². The first-order valence-electron chi connectivity index (χ1n) is 4.63. The molecule has 0 bridgehead atoms. The van der Waals surface area contributed by atoms with Gasteiger partial charge < -0.3 is 10.1 Å². The molecule has 0 aliphatic carbocycles. The molecule has 3 heteroatoms. The first-order valence-corrected chi connectivity index (χ1v) is 4.63. The molecule has 1 aromatic rings. The van der Waals surface area contributed by atoms with E-state index in [1.165, 1.54) is 12.1 Å². The largest absolute Gasteiger partial charge is 0.316 e.